The normalized spacial score (nSPS) is 14.9. The zero-order chi connectivity index (χ0) is 24.1. The summed E-state index contributed by atoms with van der Waals surface area (Å²) in [6, 6.07) is 8.25. The number of carbonyl (C=O) groups is 1. The molecule has 0 saturated heterocycles. The van der Waals surface area contributed by atoms with Crippen LogP contribution in [0.1, 0.15) is 46.6 Å². The van der Waals surface area contributed by atoms with E-state index in [1.807, 2.05) is 69.1 Å². The second-order valence-corrected chi connectivity index (χ2v) is 7.98. The van der Waals surface area contributed by atoms with Crippen molar-refractivity contribution in [2.75, 3.05) is 33.1 Å². The molecule has 0 aliphatic heterocycles. The van der Waals surface area contributed by atoms with Gasteiger partial charge in [-0.15, -0.1) is 0 Å². The minimum atomic E-state index is -0.237. The summed E-state index contributed by atoms with van der Waals surface area (Å²) in [5, 5.41) is 20.5. The second-order valence-electron chi connectivity index (χ2n) is 7.98. The molecule has 0 aliphatic carbocycles. The number of hydrogen-bond acceptors (Lipinski definition) is 7. The van der Waals surface area contributed by atoms with Crippen LogP contribution in [0.2, 0.25) is 0 Å². The maximum atomic E-state index is 11.4. The van der Waals surface area contributed by atoms with Crippen molar-refractivity contribution in [1.82, 2.24) is 10.0 Å². The first-order valence-corrected chi connectivity index (χ1v) is 11.1. The number of methoxy groups -OCH3 is 1. The van der Waals surface area contributed by atoms with E-state index in [-0.39, 0.29) is 30.5 Å². The van der Waals surface area contributed by atoms with E-state index in [2.05, 4.69) is 40.7 Å². The van der Waals surface area contributed by atoms with Gasteiger partial charge in [0.1, 0.15) is 0 Å². The Morgan fingerprint density at radius 1 is 1.19 bits per heavy atom. The number of hydrogen-bond donors (Lipinski definition) is 1. The third-order valence-electron chi connectivity index (χ3n) is 5.59. The number of nitrogens with one attached hydrogen (secondary N) is 1. The highest BCUT2D eigenvalue weighted by Gasteiger charge is 2.16. The van der Waals surface area contributed by atoms with Gasteiger partial charge in [0, 0.05) is 38.6 Å². The first kappa shape index (κ1) is 27.1. The minimum Gasteiger partial charge on any atom is -0.469 e. The van der Waals surface area contributed by atoms with Crippen LogP contribution in [0.15, 0.2) is 51.4 Å². The van der Waals surface area contributed by atoms with Gasteiger partial charge >= 0.3 is 5.97 Å². The van der Waals surface area contributed by atoms with Crippen LogP contribution in [0.25, 0.3) is 0 Å². The fourth-order valence-electron chi connectivity index (χ4n) is 3.00. The summed E-state index contributed by atoms with van der Waals surface area (Å²) in [5.74, 6) is -0.237. The number of esters is 1. The predicted molar refractivity (Wildman–Crippen MR) is 132 cm³/mol. The molecule has 0 fully saturated rings. The van der Waals surface area contributed by atoms with Crippen molar-refractivity contribution >= 4 is 17.9 Å². The lowest BCUT2D eigenvalue weighted by Crippen LogP contribution is -2.33. The van der Waals surface area contributed by atoms with Crippen LogP contribution in [-0.2, 0) is 16.0 Å². The maximum absolute atomic E-state index is 11.4. The first-order valence-electron chi connectivity index (χ1n) is 11.1. The monoisotopic (exact) mass is 444 g/mol. The number of nitrogens with zero attached hydrogens (tertiary/aromatic N) is 5. The number of hydrazone groups is 1. The number of likely N-dealkylation sites (N-methyl/N-ethyl adjacent to an activating group) is 1. The summed E-state index contributed by atoms with van der Waals surface area (Å²) in [6.07, 6.45) is 5.05. The Bertz CT molecular complexity index is 775. The Kier molecular flexibility index (Phi) is 12.1. The molecule has 0 amide bonds. The third kappa shape index (κ3) is 9.49. The molecule has 8 heteroatoms. The van der Waals surface area contributed by atoms with E-state index >= 15 is 0 Å². The maximum Gasteiger partial charge on any atom is 0.309 e. The summed E-state index contributed by atoms with van der Waals surface area (Å²) in [6.45, 7) is 11.0. The lowest BCUT2D eigenvalue weighted by Gasteiger charge is -2.25. The number of rotatable bonds is 13. The van der Waals surface area contributed by atoms with Crippen LogP contribution in [-0.4, -0.2) is 68.1 Å². The molecule has 0 spiro atoms. The molecular weight excluding hydrogens is 404 g/mol. The average Bonchev–Trinajstić information content (AvgIpc) is 2.80. The van der Waals surface area contributed by atoms with Crippen molar-refractivity contribution in [3.8, 4) is 0 Å². The van der Waals surface area contributed by atoms with Gasteiger partial charge in [-0.25, -0.2) is 0 Å². The fraction of sp³-hybridized carbons (Fsp3) is 0.583. The second kappa shape index (κ2) is 14.2. The Hall–Kier alpha value is -2.90. The first-order chi connectivity index (χ1) is 15.2. The number of carbonyl (C=O) groups excluding carboxylic acids is 1. The molecule has 32 heavy (non-hydrogen) atoms. The molecule has 1 rings (SSSR count). The van der Waals surface area contributed by atoms with Crippen LogP contribution in [0.4, 0.5) is 5.69 Å². The molecule has 1 N–H and O–H groups in total. The molecule has 0 radical (unpaired) electrons. The summed E-state index contributed by atoms with van der Waals surface area (Å²) in [4.78, 5) is 11.4. The molecule has 1 aromatic rings. The minimum absolute atomic E-state index is 0.0286. The van der Waals surface area contributed by atoms with Gasteiger partial charge in [0.2, 0.25) is 0 Å². The molecule has 1 aromatic carbocycles. The van der Waals surface area contributed by atoms with Gasteiger partial charge in [-0.1, -0.05) is 29.0 Å². The van der Waals surface area contributed by atoms with Crippen molar-refractivity contribution in [2.24, 2.45) is 15.4 Å². The van der Waals surface area contributed by atoms with Crippen LogP contribution >= 0.6 is 0 Å². The smallest absolute Gasteiger partial charge is 0.309 e. The molecule has 0 bridgehead atoms. The van der Waals surface area contributed by atoms with E-state index in [0.717, 1.165) is 24.2 Å². The SMILES string of the molecule is C/C=N\N(C)C(C)[C@H](C)/N=N\N(C)CCC(Nc1ccc(CC(=O)OC)cc1)/C(C)=C/C. The van der Waals surface area contributed by atoms with Crippen molar-refractivity contribution in [2.45, 2.75) is 65.6 Å². The molecule has 0 saturated carbocycles. The van der Waals surface area contributed by atoms with Crippen LogP contribution in [0.5, 0.6) is 0 Å². The number of allylic oxidation sites excluding steroid dienone is 1. The van der Waals surface area contributed by atoms with Gasteiger partial charge in [-0.05, 0) is 58.7 Å². The van der Waals surface area contributed by atoms with E-state index < -0.39 is 0 Å². The molecule has 0 aromatic heterocycles. The topological polar surface area (TPSA) is 81.9 Å². The third-order valence-corrected chi connectivity index (χ3v) is 5.59. The molecule has 3 atom stereocenters. The number of anilines is 1. The zero-order valence-electron chi connectivity index (χ0n) is 20.9. The molecule has 178 valence electrons. The highest BCUT2D eigenvalue weighted by Crippen LogP contribution is 2.17. The molecule has 2 unspecified atom stereocenters. The van der Waals surface area contributed by atoms with Crippen LogP contribution < -0.4 is 5.32 Å². The molecule has 8 nitrogen and oxygen atoms in total. The van der Waals surface area contributed by atoms with E-state index in [9.17, 15) is 4.79 Å². The largest absolute Gasteiger partial charge is 0.469 e. The highest BCUT2D eigenvalue weighted by molar-refractivity contribution is 5.72. The van der Waals surface area contributed by atoms with E-state index in [1.165, 1.54) is 12.7 Å². The lowest BCUT2D eigenvalue weighted by molar-refractivity contribution is -0.139. The van der Waals surface area contributed by atoms with Crippen molar-refractivity contribution in [3.63, 3.8) is 0 Å². The van der Waals surface area contributed by atoms with E-state index in [0.29, 0.717) is 0 Å². The van der Waals surface area contributed by atoms with Gasteiger partial charge in [-0.2, -0.15) is 10.2 Å². The standard InChI is InChI=1S/C24H40N6O2/c1-9-18(3)23(26-22-13-11-21(12-14-22)17-24(31)32-8)15-16-29(6)28-27-19(4)20(5)30(7)25-10-2/h9-14,19-20,23,26H,15-17H2,1-8H3/b18-9+,25-10-,28-27-/t19-,20?,23?/m0/s1. The number of benzene rings is 1. The average molecular weight is 445 g/mol. The van der Waals surface area contributed by atoms with Crippen LogP contribution in [0, 0.1) is 0 Å². The van der Waals surface area contributed by atoms with Gasteiger partial charge in [0.15, 0.2) is 0 Å². The molecular formula is C24H40N6O2. The predicted octanol–water partition coefficient (Wildman–Crippen LogP) is 4.55. The Morgan fingerprint density at radius 2 is 1.84 bits per heavy atom. The zero-order valence-corrected chi connectivity index (χ0v) is 20.9. The lowest BCUT2D eigenvalue weighted by atomic mass is 10.0. The van der Waals surface area contributed by atoms with Crippen molar-refractivity contribution < 1.29 is 9.53 Å². The summed E-state index contributed by atoms with van der Waals surface area (Å²) in [7, 11) is 5.29. The number of ether oxygens (including phenoxy) is 1. The quantitative estimate of drug-likeness (QED) is 0.159. The molecule has 0 heterocycles. The summed E-state index contributed by atoms with van der Waals surface area (Å²) >= 11 is 0. The van der Waals surface area contributed by atoms with Gasteiger partial charge in [0.25, 0.3) is 0 Å². The van der Waals surface area contributed by atoms with Gasteiger partial charge in [-0.3, -0.25) is 14.8 Å². The summed E-state index contributed by atoms with van der Waals surface area (Å²) < 4.78 is 4.73. The van der Waals surface area contributed by atoms with Crippen molar-refractivity contribution in [3.05, 3.63) is 41.5 Å². The van der Waals surface area contributed by atoms with Gasteiger partial charge < -0.3 is 10.1 Å². The van der Waals surface area contributed by atoms with E-state index in [1.54, 1.807) is 6.21 Å². The van der Waals surface area contributed by atoms with Crippen molar-refractivity contribution in [1.29, 1.82) is 0 Å². The fourth-order valence-corrected chi connectivity index (χ4v) is 3.00. The Morgan fingerprint density at radius 3 is 2.41 bits per heavy atom. The summed E-state index contributed by atoms with van der Waals surface area (Å²) in [5.41, 5.74) is 3.20. The highest BCUT2D eigenvalue weighted by atomic mass is 16.5. The Labute approximate surface area is 193 Å². The van der Waals surface area contributed by atoms with E-state index in [4.69, 9.17) is 4.74 Å². The Balaban J connectivity index is 2.67. The van der Waals surface area contributed by atoms with Gasteiger partial charge in [0.05, 0.1) is 25.6 Å². The van der Waals surface area contributed by atoms with Crippen LogP contribution in [0.3, 0.4) is 0 Å². The molecule has 0 aliphatic rings.